The van der Waals surface area contributed by atoms with Crippen LogP contribution in [0.5, 0.6) is 0 Å². The van der Waals surface area contributed by atoms with Gasteiger partial charge in [-0.05, 0) is 77.0 Å². The van der Waals surface area contributed by atoms with Gasteiger partial charge in [-0.15, -0.1) is 0 Å². The molecule has 4 saturated heterocycles. The van der Waals surface area contributed by atoms with Crippen LogP contribution < -0.4 is 47.9 Å². The molecule has 0 radical (unpaired) electrons. The van der Waals surface area contributed by atoms with E-state index in [9.17, 15) is 104 Å². The van der Waals surface area contributed by atoms with Gasteiger partial charge < -0.3 is 152 Å². The Morgan fingerprint density at radius 1 is 0.368 bits per heavy atom. The first-order valence-corrected chi connectivity index (χ1v) is 41.7. The lowest BCUT2D eigenvalue weighted by molar-refractivity contribution is -0.282. The minimum atomic E-state index is -1.46. The molecule has 4 rings (SSSR count). The summed E-state index contributed by atoms with van der Waals surface area (Å²) in [4.78, 5) is 129. The van der Waals surface area contributed by atoms with Gasteiger partial charge in [0.05, 0.1) is 84.3 Å². The van der Waals surface area contributed by atoms with Crippen molar-refractivity contribution in [2.45, 2.75) is 291 Å². The quantitative estimate of drug-likeness (QED) is 0.0255. The lowest BCUT2D eigenvalue weighted by atomic mass is 9.92. The Morgan fingerprint density at radius 2 is 0.684 bits per heavy atom. The van der Waals surface area contributed by atoms with E-state index in [1.807, 2.05) is 0 Å². The number of carbonyl (C=O) groups is 10. The van der Waals surface area contributed by atoms with Crippen molar-refractivity contribution < 1.29 is 147 Å². The highest BCUT2D eigenvalue weighted by Crippen LogP contribution is 2.29. The Kier molecular flexibility index (Phi) is 52.6. The van der Waals surface area contributed by atoms with E-state index in [2.05, 4.69) is 47.9 Å². The minimum absolute atomic E-state index is 0.0752. The molecular weight excluding hydrogens is 1540 g/mol. The van der Waals surface area contributed by atoms with Crippen LogP contribution in [-0.4, -0.2) is 355 Å². The van der Waals surface area contributed by atoms with Crippen LogP contribution in [0.1, 0.15) is 188 Å². The fourth-order valence-electron chi connectivity index (χ4n) is 13.6. The molecule has 0 aromatic carbocycles. The fraction of sp³-hybridized carbons (Fsp3) is 0.870. The highest BCUT2D eigenvalue weighted by molar-refractivity contribution is 5.79. The Bertz CT molecular complexity index is 2760. The Balaban J connectivity index is 1.28. The van der Waals surface area contributed by atoms with Gasteiger partial charge in [-0.1, -0.05) is 45.4 Å². The Labute approximate surface area is 685 Å². The number of nitrogens with zero attached hydrogens (tertiary/aromatic N) is 1. The van der Waals surface area contributed by atoms with Crippen LogP contribution in [0.2, 0.25) is 0 Å². The summed E-state index contributed by atoms with van der Waals surface area (Å²) < 4.78 is 52.2. The minimum Gasteiger partial charge on any atom is -0.394 e. The number of aliphatic hydroxyl groups excluding tert-OH is 11. The second-order valence-electron chi connectivity index (χ2n) is 30.4. The van der Waals surface area contributed by atoms with Crippen LogP contribution in [0.4, 0.5) is 0 Å². The highest BCUT2D eigenvalue weighted by Gasteiger charge is 2.48. The lowest BCUT2D eigenvalue weighted by Gasteiger charge is -2.42. The molecule has 40 nitrogen and oxygen atoms in total. The number of β-amino-alcohol motifs (C(OH)–C–C–N with tert-alkyl or cyclic N) is 1. The van der Waals surface area contributed by atoms with E-state index in [1.54, 1.807) is 11.8 Å². The van der Waals surface area contributed by atoms with E-state index in [0.29, 0.717) is 83.5 Å². The van der Waals surface area contributed by atoms with E-state index in [-0.39, 0.29) is 210 Å². The van der Waals surface area contributed by atoms with Crippen LogP contribution in [0.25, 0.3) is 0 Å². The predicted octanol–water partition coefficient (Wildman–Crippen LogP) is -4.69. The summed E-state index contributed by atoms with van der Waals surface area (Å²) in [5, 5.41) is 135. The van der Waals surface area contributed by atoms with Crippen molar-refractivity contribution in [3.63, 3.8) is 0 Å². The number of amides is 10. The third-order valence-corrected chi connectivity index (χ3v) is 20.4. The SMILES string of the molecule is CC(=O)NC1C(OCCCCC(=O)NCCCNC(=O)CCOCC(COCCC(=O)NCCCNC(=O)CCCCOC2OC(CO)C(O)C(O)C2C)(COCCC(=O)NCCCNC(=O)CCCCOC2OC(CO)C(O)C(O)C2NC(C)=O)NC(=O)CCCCCCCCCCC(=O)N2C[C@H](O)C[C@H]2CO)OC(CO)C(O)C1O. The van der Waals surface area contributed by atoms with Crippen LogP contribution in [-0.2, 0) is 90.6 Å². The van der Waals surface area contributed by atoms with Crippen molar-refractivity contribution in [3.05, 3.63) is 0 Å². The summed E-state index contributed by atoms with van der Waals surface area (Å²) in [6, 6.07) is -2.55. The summed E-state index contributed by atoms with van der Waals surface area (Å²) in [7, 11) is 0. The van der Waals surface area contributed by atoms with Gasteiger partial charge in [0.15, 0.2) is 18.9 Å². The number of hydrogen-bond acceptors (Lipinski definition) is 30. The highest BCUT2D eigenvalue weighted by atomic mass is 16.7. The normalized spacial score (nSPS) is 25.7. The third kappa shape index (κ3) is 41.4. The number of ether oxygens (including phenoxy) is 9. The van der Waals surface area contributed by atoms with Gasteiger partial charge >= 0.3 is 0 Å². The molecule has 4 heterocycles. The third-order valence-electron chi connectivity index (χ3n) is 20.4. The van der Waals surface area contributed by atoms with Crippen molar-refractivity contribution in [1.29, 1.82) is 0 Å². The largest absolute Gasteiger partial charge is 0.394 e. The first-order valence-electron chi connectivity index (χ1n) is 41.7. The number of aliphatic hydroxyl groups is 11. The number of nitrogens with one attached hydrogen (secondary N) is 9. The first-order chi connectivity index (χ1) is 56.2. The van der Waals surface area contributed by atoms with Crippen LogP contribution in [0, 0.1) is 5.92 Å². The average Bonchev–Trinajstić information content (AvgIpc) is 1.66. The maximum atomic E-state index is 14.0. The summed E-state index contributed by atoms with van der Waals surface area (Å²) >= 11 is 0. The number of carbonyl (C=O) groups excluding carboxylic acids is 10. The molecule has 0 aromatic heterocycles. The monoisotopic (exact) mass is 1680 g/mol. The Hall–Kier alpha value is -6.10. The summed E-state index contributed by atoms with van der Waals surface area (Å²) in [5.74, 6) is -3.78. The molecule has 676 valence electrons. The van der Waals surface area contributed by atoms with Crippen molar-refractivity contribution >= 4 is 59.1 Å². The number of rotatable bonds is 63. The number of hydrogen-bond donors (Lipinski definition) is 20. The van der Waals surface area contributed by atoms with Gasteiger partial charge in [-0.3, -0.25) is 47.9 Å². The molecule has 0 aromatic rings. The average molecular weight is 1680 g/mol. The van der Waals surface area contributed by atoms with Gasteiger partial charge in [0, 0.05) is 137 Å². The number of likely N-dealkylation sites (tertiary alicyclic amines) is 1. The lowest BCUT2D eigenvalue weighted by Crippen LogP contribution is -2.64. The summed E-state index contributed by atoms with van der Waals surface area (Å²) in [6.07, 6.45) is -4.16. The van der Waals surface area contributed by atoms with Crippen molar-refractivity contribution in [3.8, 4) is 0 Å². The van der Waals surface area contributed by atoms with Crippen LogP contribution in [0.15, 0.2) is 0 Å². The van der Waals surface area contributed by atoms with Crippen molar-refractivity contribution in [2.24, 2.45) is 5.92 Å². The first kappa shape index (κ1) is 103. The van der Waals surface area contributed by atoms with Gasteiger partial charge in [0.25, 0.3) is 0 Å². The molecule has 4 fully saturated rings. The fourth-order valence-corrected chi connectivity index (χ4v) is 13.6. The second-order valence-corrected chi connectivity index (χ2v) is 30.4. The van der Waals surface area contributed by atoms with Gasteiger partial charge in [0.1, 0.15) is 66.5 Å². The molecule has 20 N–H and O–H groups in total. The van der Waals surface area contributed by atoms with Gasteiger partial charge in [-0.2, -0.15) is 0 Å². The van der Waals surface area contributed by atoms with Crippen LogP contribution in [0.3, 0.4) is 0 Å². The molecular formula is C77H138N10O30. The molecule has 117 heavy (non-hydrogen) atoms. The zero-order valence-corrected chi connectivity index (χ0v) is 68.5. The van der Waals surface area contributed by atoms with E-state index in [0.717, 1.165) is 38.5 Å². The summed E-state index contributed by atoms with van der Waals surface area (Å²) in [6.45, 7) is 3.18. The van der Waals surface area contributed by atoms with Crippen molar-refractivity contribution in [2.75, 3.05) is 132 Å². The molecule has 0 saturated carbocycles. The van der Waals surface area contributed by atoms with Gasteiger partial charge in [-0.25, -0.2) is 0 Å². The van der Waals surface area contributed by atoms with Crippen molar-refractivity contribution in [1.82, 2.24) is 52.8 Å². The van der Waals surface area contributed by atoms with Gasteiger partial charge in [0.2, 0.25) is 59.1 Å². The molecule has 0 spiro atoms. The molecule has 15 unspecified atom stereocenters. The van der Waals surface area contributed by atoms with E-state index in [4.69, 9.17) is 42.6 Å². The molecule has 40 heteroatoms. The molecule has 0 aliphatic carbocycles. The molecule has 17 atom stereocenters. The molecule has 4 aliphatic heterocycles. The molecule has 0 bridgehead atoms. The predicted molar refractivity (Wildman–Crippen MR) is 416 cm³/mol. The number of unbranched alkanes of at least 4 members (excludes halogenated alkanes) is 10. The zero-order chi connectivity index (χ0) is 85.9. The summed E-state index contributed by atoms with van der Waals surface area (Å²) in [5.41, 5.74) is -1.42. The van der Waals surface area contributed by atoms with E-state index in [1.165, 1.54) is 13.8 Å². The van der Waals surface area contributed by atoms with Crippen LogP contribution >= 0.6 is 0 Å². The smallest absolute Gasteiger partial charge is 0.222 e. The zero-order valence-electron chi connectivity index (χ0n) is 68.5. The second kappa shape index (κ2) is 59.6. The van der Waals surface area contributed by atoms with E-state index < -0.39 is 135 Å². The maximum Gasteiger partial charge on any atom is 0.222 e. The maximum absolute atomic E-state index is 14.0. The van der Waals surface area contributed by atoms with E-state index >= 15 is 0 Å². The molecule has 10 amide bonds. The molecule has 4 aliphatic rings. The topological polar surface area (TPSA) is 588 Å². The standard InChI is InChI=1S/C77H138N10O30/c1-50-68(103)69(104)55(44-89)115-74(50)112-35-15-12-21-58(95)78-29-18-32-81-61(98)26-38-109-47-77(86-64(101)24-10-8-6-4-5-7-9-11-25-65(102)87-42-54(94)41-53(87)43-88,48-110-39-27-62(99)82-33-19-30-79-59(96)22-13-16-36-113-75-66(84-51(2)92)72(107)70(105)56(45-90)116-75)49-111-40-28-63(100)83-34-20-31-80-60(97)23-14-17-37-114-76-67(85-52(3)93)73(108)71(106)57(46-91)117-76/h50,53-57,66-76,88-91,94,103-108H,4-49H2,1-3H3,(H,78,95)(H,79,96)(H,80,97)(H,81,98)(H,82,99)(H,83,100)(H,84,92)(H,85,93)(H,86,101)/t50?,53-,54+,55?,56?,57?,66?,67?,68?,69?,70?,71?,72?,73?,74?,75?,76?,77?/m0/s1. The Morgan fingerprint density at radius 3 is 1.04 bits per heavy atom.